The fourth-order valence-corrected chi connectivity index (χ4v) is 1.79. The summed E-state index contributed by atoms with van der Waals surface area (Å²) in [6.07, 6.45) is -2.39. The summed E-state index contributed by atoms with van der Waals surface area (Å²) >= 11 is 1.85. The normalized spacial score (nSPS) is 11.6. The standard InChI is InChI=1S/C11H12F3IO/c1-2-3-6-16-10-5-4-8(7-9(10)15)11(12,13)14/h4-5,7H,2-3,6H2,1H3. The second kappa shape index (κ2) is 5.75. The zero-order valence-corrected chi connectivity index (χ0v) is 10.9. The Hall–Kier alpha value is -0.460. The Morgan fingerprint density at radius 3 is 2.50 bits per heavy atom. The molecule has 0 aliphatic heterocycles. The lowest BCUT2D eigenvalue weighted by Crippen LogP contribution is -2.06. The first-order valence-corrected chi connectivity index (χ1v) is 6.02. The van der Waals surface area contributed by atoms with Crippen molar-refractivity contribution in [2.24, 2.45) is 0 Å². The minimum Gasteiger partial charge on any atom is -0.492 e. The molecule has 0 radical (unpaired) electrons. The van der Waals surface area contributed by atoms with E-state index < -0.39 is 11.7 Å². The van der Waals surface area contributed by atoms with E-state index in [1.807, 2.05) is 29.5 Å². The largest absolute Gasteiger partial charge is 0.492 e. The van der Waals surface area contributed by atoms with Crippen LogP contribution in [-0.2, 0) is 6.18 Å². The number of hydrogen-bond acceptors (Lipinski definition) is 1. The van der Waals surface area contributed by atoms with Crippen molar-refractivity contribution in [2.45, 2.75) is 25.9 Å². The molecule has 1 rings (SSSR count). The van der Waals surface area contributed by atoms with E-state index >= 15 is 0 Å². The maximum atomic E-state index is 12.4. The highest BCUT2D eigenvalue weighted by atomic mass is 127. The molecule has 0 bridgehead atoms. The molecule has 0 aliphatic rings. The Morgan fingerprint density at radius 2 is 2.00 bits per heavy atom. The zero-order chi connectivity index (χ0) is 12.2. The second-order valence-electron chi connectivity index (χ2n) is 3.34. The molecular weight excluding hydrogens is 332 g/mol. The Bertz CT molecular complexity index is 350. The molecule has 1 aromatic rings. The van der Waals surface area contributed by atoms with Crippen molar-refractivity contribution in [1.82, 2.24) is 0 Å². The Morgan fingerprint density at radius 1 is 1.31 bits per heavy atom. The van der Waals surface area contributed by atoms with Crippen LogP contribution in [0.25, 0.3) is 0 Å². The van der Waals surface area contributed by atoms with E-state index in [4.69, 9.17) is 4.74 Å². The average Bonchev–Trinajstić information content (AvgIpc) is 2.19. The number of benzene rings is 1. The van der Waals surface area contributed by atoms with Crippen LogP contribution >= 0.6 is 22.6 Å². The van der Waals surface area contributed by atoms with Gasteiger partial charge in [0.1, 0.15) is 5.75 Å². The molecular formula is C11H12F3IO. The van der Waals surface area contributed by atoms with Gasteiger partial charge in [-0.25, -0.2) is 0 Å². The van der Waals surface area contributed by atoms with Crippen molar-refractivity contribution in [3.05, 3.63) is 27.3 Å². The molecule has 0 heterocycles. The molecule has 0 amide bonds. The first kappa shape index (κ1) is 13.6. The molecule has 0 saturated heterocycles. The molecule has 1 aromatic carbocycles. The van der Waals surface area contributed by atoms with Crippen LogP contribution in [0.4, 0.5) is 13.2 Å². The predicted molar refractivity (Wildman–Crippen MR) is 64.6 cm³/mol. The number of unbranched alkanes of at least 4 members (excludes halogenated alkanes) is 1. The van der Waals surface area contributed by atoms with Crippen LogP contribution in [0, 0.1) is 3.57 Å². The summed E-state index contributed by atoms with van der Waals surface area (Å²) in [6, 6.07) is 3.52. The van der Waals surface area contributed by atoms with Gasteiger partial charge >= 0.3 is 6.18 Å². The maximum Gasteiger partial charge on any atom is 0.416 e. The highest BCUT2D eigenvalue weighted by Gasteiger charge is 2.30. The maximum absolute atomic E-state index is 12.4. The summed E-state index contributed by atoms with van der Waals surface area (Å²) in [4.78, 5) is 0. The molecule has 0 aromatic heterocycles. The van der Waals surface area contributed by atoms with E-state index in [9.17, 15) is 13.2 Å². The van der Waals surface area contributed by atoms with Crippen LogP contribution in [0.5, 0.6) is 5.75 Å². The molecule has 0 aliphatic carbocycles. The highest BCUT2D eigenvalue weighted by molar-refractivity contribution is 14.1. The van der Waals surface area contributed by atoms with Gasteiger partial charge in [-0.1, -0.05) is 13.3 Å². The monoisotopic (exact) mass is 344 g/mol. The molecule has 5 heteroatoms. The lowest BCUT2D eigenvalue weighted by molar-refractivity contribution is -0.137. The minimum absolute atomic E-state index is 0.489. The van der Waals surface area contributed by atoms with Gasteiger partial charge in [-0.15, -0.1) is 0 Å². The minimum atomic E-state index is -4.29. The van der Waals surface area contributed by atoms with Gasteiger partial charge in [-0.05, 0) is 47.2 Å². The van der Waals surface area contributed by atoms with Gasteiger partial charge in [0.2, 0.25) is 0 Å². The summed E-state index contributed by atoms with van der Waals surface area (Å²) in [6.45, 7) is 2.57. The molecule has 0 saturated carbocycles. The summed E-state index contributed by atoms with van der Waals surface area (Å²) in [5.41, 5.74) is -0.639. The topological polar surface area (TPSA) is 9.23 Å². The third-order valence-electron chi connectivity index (χ3n) is 2.01. The van der Waals surface area contributed by atoms with Crippen molar-refractivity contribution >= 4 is 22.6 Å². The summed E-state index contributed by atoms with van der Waals surface area (Å²) in [7, 11) is 0. The van der Waals surface area contributed by atoms with Crippen molar-refractivity contribution in [3.8, 4) is 5.75 Å². The number of alkyl halides is 3. The van der Waals surface area contributed by atoms with E-state index in [2.05, 4.69) is 0 Å². The Kier molecular flexibility index (Phi) is 4.89. The van der Waals surface area contributed by atoms with Gasteiger partial charge < -0.3 is 4.74 Å². The van der Waals surface area contributed by atoms with Crippen molar-refractivity contribution in [3.63, 3.8) is 0 Å². The fraction of sp³-hybridized carbons (Fsp3) is 0.455. The van der Waals surface area contributed by atoms with E-state index in [0.29, 0.717) is 15.9 Å². The predicted octanol–water partition coefficient (Wildman–Crippen LogP) is 4.49. The summed E-state index contributed by atoms with van der Waals surface area (Å²) in [5.74, 6) is 0.516. The molecule has 0 unspecified atom stereocenters. The van der Waals surface area contributed by atoms with Crippen LogP contribution in [0.3, 0.4) is 0 Å². The summed E-state index contributed by atoms with van der Waals surface area (Å²) in [5, 5.41) is 0. The molecule has 0 atom stereocenters. The van der Waals surface area contributed by atoms with Gasteiger partial charge in [0.15, 0.2) is 0 Å². The average molecular weight is 344 g/mol. The van der Waals surface area contributed by atoms with E-state index in [-0.39, 0.29) is 0 Å². The molecule has 16 heavy (non-hydrogen) atoms. The smallest absolute Gasteiger partial charge is 0.416 e. The van der Waals surface area contributed by atoms with Crippen LogP contribution < -0.4 is 4.74 Å². The van der Waals surface area contributed by atoms with Crippen molar-refractivity contribution in [2.75, 3.05) is 6.61 Å². The molecule has 1 nitrogen and oxygen atoms in total. The second-order valence-corrected chi connectivity index (χ2v) is 4.51. The van der Waals surface area contributed by atoms with Gasteiger partial charge in [0.25, 0.3) is 0 Å². The molecule has 90 valence electrons. The number of rotatable bonds is 4. The number of halogens is 4. The first-order chi connectivity index (χ1) is 7.45. The first-order valence-electron chi connectivity index (χ1n) is 4.94. The Labute approximate surface area is 106 Å². The van der Waals surface area contributed by atoms with Gasteiger partial charge in [-0.2, -0.15) is 13.2 Å². The quantitative estimate of drug-likeness (QED) is 0.578. The third-order valence-corrected chi connectivity index (χ3v) is 2.86. The van der Waals surface area contributed by atoms with Gasteiger partial charge in [0.05, 0.1) is 15.7 Å². The van der Waals surface area contributed by atoms with E-state index in [1.165, 1.54) is 6.07 Å². The fourth-order valence-electron chi connectivity index (χ4n) is 1.12. The van der Waals surface area contributed by atoms with E-state index in [0.717, 1.165) is 25.0 Å². The molecule has 0 spiro atoms. The lowest BCUT2D eigenvalue weighted by atomic mass is 10.2. The number of ether oxygens (including phenoxy) is 1. The lowest BCUT2D eigenvalue weighted by Gasteiger charge is -2.11. The van der Waals surface area contributed by atoms with Gasteiger partial charge in [-0.3, -0.25) is 0 Å². The summed E-state index contributed by atoms with van der Waals surface area (Å²) < 4.78 is 42.9. The number of hydrogen-bond donors (Lipinski definition) is 0. The van der Waals surface area contributed by atoms with Crippen LogP contribution in [0.15, 0.2) is 18.2 Å². The van der Waals surface area contributed by atoms with Crippen LogP contribution in [0.2, 0.25) is 0 Å². The van der Waals surface area contributed by atoms with Gasteiger partial charge in [0, 0.05) is 0 Å². The third kappa shape index (κ3) is 3.84. The highest BCUT2D eigenvalue weighted by Crippen LogP contribution is 2.33. The Balaban J connectivity index is 2.76. The van der Waals surface area contributed by atoms with E-state index in [1.54, 1.807) is 0 Å². The van der Waals surface area contributed by atoms with Crippen LogP contribution in [-0.4, -0.2) is 6.61 Å². The zero-order valence-electron chi connectivity index (χ0n) is 8.77. The van der Waals surface area contributed by atoms with Crippen molar-refractivity contribution in [1.29, 1.82) is 0 Å². The van der Waals surface area contributed by atoms with Crippen molar-refractivity contribution < 1.29 is 17.9 Å². The molecule has 0 fully saturated rings. The SMILES string of the molecule is CCCCOc1ccc(C(F)(F)F)cc1I. The van der Waals surface area contributed by atoms with Crippen LogP contribution in [0.1, 0.15) is 25.3 Å². The molecule has 0 N–H and O–H groups in total.